The average molecular weight is 417 g/mol. The van der Waals surface area contributed by atoms with Crippen molar-refractivity contribution >= 4 is 9.84 Å². The fourth-order valence-electron chi connectivity index (χ4n) is 2.65. The largest absolute Gasteiger partial charge is 0.453 e. The fourth-order valence-corrected chi connectivity index (χ4v) is 3.37. The lowest BCUT2D eigenvalue weighted by molar-refractivity contribution is -0.154. The fraction of sp³-hybridized carbons (Fsp3) is 0.167. The summed E-state index contributed by atoms with van der Waals surface area (Å²) in [6, 6.07) is 6.19. The van der Waals surface area contributed by atoms with Gasteiger partial charge in [0.2, 0.25) is 5.76 Å². The Kier molecular flexibility index (Phi) is 4.78. The standard InChI is InChI=1S/C18H12F5NO3S/c1-9-3-4-11(8-12(9)19)16-15(17(27-24-16)18(21,22)23)10-5-6-14(13(20)7-10)28(2,25)26/h3-8H,1-2H3. The van der Waals surface area contributed by atoms with Crippen LogP contribution in [0, 0.1) is 18.6 Å². The molecule has 0 spiro atoms. The van der Waals surface area contributed by atoms with Gasteiger partial charge in [0.1, 0.15) is 22.2 Å². The van der Waals surface area contributed by atoms with Crippen LogP contribution in [0.5, 0.6) is 0 Å². The van der Waals surface area contributed by atoms with Crippen molar-refractivity contribution in [2.24, 2.45) is 0 Å². The van der Waals surface area contributed by atoms with Crippen LogP contribution in [0.4, 0.5) is 22.0 Å². The first-order valence-corrected chi connectivity index (χ1v) is 9.62. The van der Waals surface area contributed by atoms with Crippen LogP contribution < -0.4 is 0 Å². The van der Waals surface area contributed by atoms with E-state index in [4.69, 9.17) is 0 Å². The first-order chi connectivity index (χ1) is 12.9. The minimum Gasteiger partial charge on any atom is -0.350 e. The van der Waals surface area contributed by atoms with E-state index in [1.54, 1.807) is 0 Å². The van der Waals surface area contributed by atoms with Gasteiger partial charge in [-0.05, 0) is 36.2 Å². The summed E-state index contributed by atoms with van der Waals surface area (Å²) in [7, 11) is -3.92. The molecule has 28 heavy (non-hydrogen) atoms. The van der Waals surface area contributed by atoms with Crippen LogP contribution in [0.2, 0.25) is 0 Å². The number of halogens is 5. The number of aromatic nitrogens is 1. The minimum absolute atomic E-state index is 0.00931. The summed E-state index contributed by atoms with van der Waals surface area (Å²) in [5, 5.41) is 3.40. The van der Waals surface area contributed by atoms with E-state index in [1.807, 2.05) is 0 Å². The predicted octanol–water partition coefficient (Wildman–Crippen LogP) is 5.02. The van der Waals surface area contributed by atoms with Crippen LogP contribution in [0.15, 0.2) is 45.8 Å². The highest BCUT2D eigenvalue weighted by molar-refractivity contribution is 7.90. The van der Waals surface area contributed by atoms with Crippen LogP contribution in [-0.2, 0) is 16.0 Å². The van der Waals surface area contributed by atoms with Crippen LogP contribution in [0.1, 0.15) is 11.3 Å². The quantitative estimate of drug-likeness (QED) is 0.562. The molecule has 4 nitrogen and oxygen atoms in total. The third-order valence-corrected chi connectivity index (χ3v) is 5.14. The van der Waals surface area contributed by atoms with E-state index in [0.717, 1.165) is 24.5 Å². The molecular weight excluding hydrogens is 405 g/mol. The summed E-state index contributed by atoms with van der Waals surface area (Å²) in [5.74, 6) is -3.40. The molecule has 0 bridgehead atoms. The van der Waals surface area contributed by atoms with Gasteiger partial charge in [-0.3, -0.25) is 0 Å². The lowest BCUT2D eigenvalue weighted by Crippen LogP contribution is -2.06. The summed E-state index contributed by atoms with van der Waals surface area (Å²) in [6.07, 6.45) is -4.19. The van der Waals surface area contributed by atoms with Gasteiger partial charge in [0.05, 0.1) is 5.56 Å². The second-order valence-corrected chi connectivity index (χ2v) is 8.10. The second-order valence-electron chi connectivity index (χ2n) is 6.11. The van der Waals surface area contributed by atoms with Crippen molar-refractivity contribution in [2.75, 3.05) is 6.26 Å². The Hall–Kier alpha value is -2.75. The van der Waals surface area contributed by atoms with E-state index >= 15 is 0 Å². The first-order valence-electron chi connectivity index (χ1n) is 7.73. The van der Waals surface area contributed by atoms with Gasteiger partial charge >= 0.3 is 6.18 Å². The molecule has 0 radical (unpaired) electrons. The molecule has 148 valence electrons. The Balaban J connectivity index is 2.28. The maximum absolute atomic E-state index is 14.2. The topological polar surface area (TPSA) is 60.2 Å². The number of hydrogen-bond donors (Lipinski definition) is 0. The first kappa shape index (κ1) is 20.0. The number of aryl methyl sites for hydroxylation is 1. The Labute approximate surface area is 156 Å². The molecule has 0 saturated heterocycles. The monoisotopic (exact) mass is 417 g/mol. The Morgan fingerprint density at radius 3 is 2.11 bits per heavy atom. The number of rotatable bonds is 3. The van der Waals surface area contributed by atoms with E-state index in [2.05, 4.69) is 9.68 Å². The molecule has 1 heterocycles. The van der Waals surface area contributed by atoms with Gasteiger partial charge in [-0.25, -0.2) is 17.2 Å². The molecule has 3 aromatic rings. The van der Waals surface area contributed by atoms with Crippen molar-refractivity contribution in [3.05, 3.63) is 59.4 Å². The highest BCUT2D eigenvalue weighted by Gasteiger charge is 2.41. The molecule has 0 aliphatic carbocycles. The van der Waals surface area contributed by atoms with Crippen LogP contribution in [0.3, 0.4) is 0 Å². The van der Waals surface area contributed by atoms with Gasteiger partial charge in [-0.15, -0.1) is 0 Å². The number of hydrogen-bond acceptors (Lipinski definition) is 4. The number of alkyl halides is 3. The van der Waals surface area contributed by atoms with Gasteiger partial charge < -0.3 is 4.52 Å². The Bertz CT molecular complexity index is 1170. The maximum Gasteiger partial charge on any atom is 0.453 e. The van der Waals surface area contributed by atoms with E-state index in [-0.39, 0.29) is 22.4 Å². The zero-order chi connectivity index (χ0) is 20.9. The summed E-state index contributed by atoms with van der Waals surface area (Å²) >= 11 is 0. The molecule has 2 aromatic carbocycles. The third-order valence-electron chi connectivity index (χ3n) is 4.01. The molecule has 0 N–H and O–H groups in total. The lowest BCUT2D eigenvalue weighted by Gasteiger charge is -2.09. The number of nitrogens with zero attached hydrogens (tertiary/aromatic N) is 1. The predicted molar refractivity (Wildman–Crippen MR) is 90.1 cm³/mol. The molecule has 0 fully saturated rings. The van der Waals surface area contributed by atoms with Gasteiger partial charge in [0, 0.05) is 11.8 Å². The van der Waals surface area contributed by atoms with Crippen molar-refractivity contribution in [1.82, 2.24) is 5.16 Å². The SMILES string of the molecule is Cc1ccc(-c2noc(C(F)(F)F)c2-c2ccc(S(C)(=O)=O)c(F)c2)cc1F. The maximum atomic E-state index is 14.2. The van der Waals surface area contributed by atoms with Gasteiger partial charge in [0.15, 0.2) is 9.84 Å². The zero-order valence-corrected chi connectivity index (χ0v) is 15.3. The Morgan fingerprint density at radius 2 is 1.57 bits per heavy atom. The van der Waals surface area contributed by atoms with Crippen molar-refractivity contribution in [3.63, 3.8) is 0 Å². The van der Waals surface area contributed by atoms with Gasteiger partial charge in [-0.1, -0.05) is 23.4 Å². The molecule has 0 aliphatic rings. The Morgan fingerprint density at radius 1 is 0.964 bits per heavy atom. The lowest BCUT2D eigenvalue weighted by atomic mass is 9.98. The van der Waals surface area contributed by atoms with E-state index in [0.29, 0.717) is 6.07 Å². The van der Waals surface area contributed by atoms with Crippen LogP contribution >= 0.6 is 0 Å². The molecule has 3 rings (SSSR count). The van der Waals surface area contributed by atoms with Crippen molar-refractivity contribution in [2.45, 2.75) is 18.0 Å². The van der Waals surface area contributed by atoms with E-state index in [1.165, 1.54) is 19.1 Å². The van der Waals surface area contributed by atoms with Crippen LogP contribution in [0.25, 0.3) is 22.4 Å². The minimum atomic E-state index is -4.96. The van der Waals surface area contributed by atoms with Crippen molar-refractivity contribution in [1.29, 1.82) is 0 Å². The molecular formula is C18H12F5NO3S. The molecule has 0 saturated carbocycles. The average Bonchev–Trinajstić information content (AvgIpc) is 3.01. The number of sulfone groups is 1. The molecule has 1 aromatic heterocycles. The molecule has 0 amide bonds. The molecule has 10 heteroatoms. The summed E-state index contributed by atoms with van der Waals surface area (Å²) in [6.45, 7) is 1.48. The highest BCUT2D eigenvalue weighted by atomic mass is 32.2. The van der Waals surface area contributed by atoms with E-state index < -0.39 is 43.9 Å². The van der Waals surface area contributed by atoms with Crippen molar-refractivity contribution in [3.8, 4) is 22.4 Å². The smallest absolute Gasteiger partial charge is 0.350 e. The third kappa shape index (κ3) is 3.64. The highest BCUT2D eigenvalue weighted by Crippen LogP contribution is 2.43. The van der Waals surface area contributed by atoms with Gasteiger partial charge in [0.25, 0.3) is 0 Å². The molecule has 0 unspecified atom stereocenters. The molecule has 0 atom stereocenters. The second kappa shape index (κ2) is 6.69. The summed E-state index contributed by atoms with van der Waals surface area (Å²) < 4.78 is 95.8. The number of benzene rings is 2. The normalized spacial score (nSPS) is 12.4. The van der Waals surface area contributed by atoms with Crippen LogP contribution in [-0.4, -0.2) is 19.8 Å². The summed E-state index contributed by atoms with van der Waals surface area (Å²) in [5.41, 5.74) is -1.01. The van der Waals surface area contributed by atoms with Gasteiger partial charge in [-0.2, -0.15) is 13.2 Å². The van der Waals surface area contributed by atoms with E-state index in [9.17, 15) is 30.4 Å². The summed E-state index contributed by atoms with van der Waals surface area (Å²) in [4.78, 5) is -0.663. The molecule has 0 aliphatic heterocycles. The zero-order valence-electron chi connectivity index (χ0n) is 14.4. The van der Waals surface area contributed by atoms with Crippen molar-refractivity contribution < 1.29 is 34.9 Å².